The predicted octanol–water partition coefficient (Wildman–Crippen LogP) is 3.37. The average Bonchev–Trinajstić information content (AvgIpc) is 2.95. The monoisotopic (exact) mass is 284 g/mol. The summed E-state index contributed by atoms with van der Waals surface area (Å²) in [5, 5.41) is 12.0. The van der Waals surface area contributed by atoms with E-state index in [-0.39, 0.29) is 6.04 Å². The van der Waals surface area contributed by atoms with Crippen LogP contribution >= 0.6 is 0 Å². The van der Waals surface area contributed by atoms with Gasteiger partial charge < -0.3 is 5.11 Å². The quantitative estimate of drug-likeness (QED) is 0.939. The van der Waals surface area contributed by atoms with Gasteiger partial charge in [0.2, 0.25) is 0 Å². The van der Waals surface area contributed by atoms with Crippen LogP contribution < -0.4 is 0 Å². The van der Waals surface area contributed by atoms with Crippen LogP contribution in [0.1, 0.15) is 42.7 Å². The van der Waals surface area contributed by atoms with Gasteiger partial charge >= 0.3 is 0 Å². The summed E-state index contributed by atoms with van der Waals surface area (Å²) in [5.41, 5.74) is 4.17. The second kappa shape index (κ2) is 5.74. The Morgan fingerprint density at radius 2 is 2.19 bits per heavy atom. The Kier molecular flexibility index (Phi) is 3.96. The molecule has 2 aromatic rings. The van der Waals surface area contributed by atoms with E-state index < -0.39 is 6.10 Å². The van der Waals surface area contributed by atoms with Gasteiger partial charge in [-0.1, -0.05) is 25.1 Å². The van der Waals surface area contributed by atoms with Crippen molar-refractivity contribution in [1.29, 1.82) is 0 Å². The van der Waals surface area contributed by atoms with Gasteiger partial charge in [0.05, 0.1) is 11.6 Å². The van der Waals surface area contributed by atoms with Crippen molar-refractivity contribution in [3.05, 3.63) is 41.1 Å². The largest absolute Gasteiger partial charge is 0.387 e. The lowest BCUT2D eigenvalue weighted by atomic mass is 9.97. The van der Waals surface area contributed by atoms with Crippen LogP contribution in [-0.2, 0) is 0 Å². The molecule has 112 valence electrons. The zero-order valence-electron chi connectivity index (χ0n) is 13.1. The molecule has 1 aliphatic rings. The minimum Gasteiger partial charge on any atom is -0.387 e. The van der Waals surface area contributed by atoms with Crippen molar-refractivity contribution >= 4 is 10.9 Å². The minimum atomic E-state index is -0.453. The Bertz CT molecular complexity index is 653. The van der Waals surface area contributed by atoms with E-state index in [1.54, 1.807) is 0 Å². The van der Waals surface area contributed by atoms with Crippen molar-refractivity contribution in [2.45, 2.75) is 45.8 Å². The number of likely N-dealkylation sites (tertiary alicyclic amines) is 1. The number of aliphatic hydroxyl groups excluding tert-OH is 1. The second-order valence-corrected chi connectivity index (χ2v) is 6.09. The van der Waals surface area contributed by atoms with Gasteiger partial charge in [0.15, 0.2) is 0 Å². The first-order chi connectivity index (χ1) is 10.1. The van der Waals surface area contributed by atoms with Crippen molar-refractivity contribution in [3.63, 3.8) is 0 Å². The van der Waals surface area contributed by atoms with Gasteiger partial charge in [0.25, 0.3) is 0 Å². The molecule has 0 amide bonds. The Morgan fingerprint density at radius 3 is 2.95 bits per heavy atom. The third kappa shape index (κ3) is 2.56. The third-order valence-corrected chi connectivity index (χ3v) is 4.82. The molecule has 0 bridgehead atoms. The van der Waals surface area contributed by atoms with Gasteiger partial charge in [-0.05, 0) is 51.4 Å². The smallest absolute Gasteiger partial charge is 0.0966 e. The molecule has 0 unspecified atom stereocenters. The number of rotatable bonds is 3. The fourth-order valence-electron chi connectivity index (χ4n) is 3.47. The van der Waals surface area contributed by atoms with Crippen LogP contribution in [0, 0.1) is 13.8 Å². The van der Waals surface area contributed by atoms with Crippen molar-refractivity contribution < 1.29 is 5.11 Å². The van der Waals surface area contributed by atoms with Crippen molar-refractivity contribution in [2.75, 3.05) is 13.1 Å². The molecule has 1 aromatic carbocycles. The summed E-state index contributed by atoms with van der Waals surface area (Å²) in [6, 6.07) is 8.53. The molecule has 2 heterocycles. The number of fused-ring (bicyclic) bond motifs is 1. The Morgan fingerprint density at radius 1 is 1.38 bits per heavy atom. The fraction of sp³-hybridized carbons (Fsp3) is 0.500. The topological polar surface area (TPSA) is 36.4 Å². The maximum absolute atomic E-state index is 10.9. The lowest BCUT2D eigenvalue weighted by Gasteiger charge is -2.28. The number of aliphatic hydroxyl groups is 1. The maximum Gasteiger partial charge on any atom is 0.0966 e. The van der Waals surface area contributed by atoms with E-state index in [4.69, 9.17) is 4.98 Å². The highest BCUT2D eigenvalue weighted by Crippen LogP contribution is 2.32. The van der Waals surface area contributed by atoms with Crippen molar-refractivity contribution in [3.8, 4) is 0 Å². The second-order valence-electron chi connectivity index (χ2n) is 6.09. The van der Waals surface area contributed by atoms with E-state index in [9.17, 15) is 5.11 Å². The number of likely N-dealkylation sites (N-methyl/N-ethyl adjacent to an activating group) is 1. The van der Waals surface area contributed by atoms with E-state index in [1.165, 1.54) is 12.0 Å². The van der Waals surface area contributed by atoms with Crippen LogP contribution in [0.3, 0.4) is 0 Å². The number of benzene rings is 1. The molecule has 1 saturated heterocycles. The molecule has 1 fully saturated rings. The van der Waals surface area contributed by atoms with Crippen LogP contribution in [0.4, 0.5) is 0 Å². The number of pyridine rings is 1. The summed E-state index contributed by atoms with van der Waals surface area (Å²) >= 11 is 0. The van der Waals surface area contributed by atoms with Crippen molar-refractivity contribution in [1.82, 2.24) is 9.88 Å². The van der Waals surface area contributed by atoms with Crippen LogP contribution in [-0.4, -0.2) is 34.1 Å². The summed E-state index contributed by atoms with van der Waals surface area (Å²) in [6.07, 6.45) is 1.79. The van der Waals surface area contributed by atoms with Gasteiger partial charge in [-0.25, -0.2) is 0 Å². The lowest BCUT2D eigenvalue weighted by Crippen LogP contribution is -2.34. The van der Waals surface area contributed by atoms with Gasteiger partial charge in [-0.2, -0.15) is 0 Å². The van der Waals surface area contributed by atoms with Crippen LogP contribution in [0.5, 0.6) is 0 Å². The highest BCUT2D eigenvalue weighted by molar-refractivity contribution is 5.83. The summed E-state index contributed by atoms with van der Waals surface area (Å²) in [6.45, 7) is 8.37. The first-order valence-electron chi connectivity index (χ1n) is 7.90. The molecule has 1 aliphatic heterocycles. The molecule has 0 aliphatic carbocycles. The molecule has 1 aromatic heterocycles. The van der Waals surface area contributed by atoms with E-state index in [2.05, 4.69) is 30.9 Å². The number of aryl methyl sites for hydroxylation is 2. The molecule has 0 spiro atoms. The van der Waals surface area contributed by atoms with Crippen LogP contribution in [0.2, 0.25) is 0 Å². The average molecular weight is 284 g/mol. The van der Waals surface area contributed by atoms with Crippen molar-refractivity contribution in [2.24, 2.45) is 0 Å². The van der Waals surface area contributed by atoms with Gasteiger partial charge in [-0.15, -0.1) is 0 Å². The molecule has 3 heteroatoms. The van der Waals surface area contributed by atoms with E-state index in [0.29, 0.717) is 0 Å². The third-order valence-electron chi connectivity index (χ3n) is 4.82. The number of nitrogens with zero attached hydrogens (tertiary/aromatic N) is 2. The van der Waals surface area contributed by atoms with Crippen LogP contribution in [0.25, 0.3) is 10.9 Å². The zero-order chi connectivity index (χ0) is 15.0. The van der Waals surface area contributed by atoms with E-state index in [0.717, 1.165) is 41.7 Å². The van der Waals surface area contributed by atoms with Crippen LogP contribution in [0.15, 0.2) is 24.3 Å². The van der Waals surface area contributed by atoms with E-state index in [1.807, 2.05) is 19.1 Å². The normalized spacial score (nSPS) is 21.0. The molecule has 21 heavy (non-hydrogen) atoms. The van der Waals surface area contributed by atoms with E-state index >= 15 is 0 Å². The maximum atomic E-state index is 10.9. The number of hydrogen-bond donors (Lipinski definition) is 1. The first kappa shape index (κ1) is 14.5. The Balaban J connectivity index is 2.05. The highest BCUT2D eigenvalue weighted by Gasteiger charge is 2.31. The fourth-order valence-corrected chi connectivity index (χ4v) is 3.47. The number of para-hydroxylation sites is 1. The summed E-state index contributed by atoms with van der Waals surface area (Å²) in [5.74, 6) is 0. The summed E-state index contributed by atoms with van der Waals surface area (Å²) < 4.78 is 0. The molecule has 3 rings (SSSR count). The molecule has 3 nitrogen and oxygen atoms in total. The molecular formula is C18H24N2O. The SMILES string of the molecule is CCN1CCC[C@@H]1[C@@H](O)c1cccc2cc(C)c(C)nc12. The molecular weight excluding hydrogens is 260 g/mol. The Labute approximate surface area is 126 Å². The van der Waals surface area contributed by atoms with Gasteiger partial charge in [0.1, 0.15) is 0 Å². The Hall–Kier alpha value is -1.45. The first-order valence-corrected chi connectivity index (χ1v) is 7.90. The summed E-state index contributed by atoms with van der Waals surface area (Å²) in [4.78, 5) is 7.12. The molecule has 2 atom stereocenters. The summed E-state index contributed by atoms with van der Waals surface area (Å²) in [7, 11) is 0. The number of hydrogen-bond acceptors (Lipinski definition) is 3. The van der Waals surface area contributed by atoms with Gasteiger partial charge in [-0.3, -0.25) is 9.88 Å². The predicted molar refractivity (Wildman–Crippen MR) is 86.4 cm³/mol. The molecule has 0 saturated carbocycles. The minimum absolute atomic E-state index is 0.226. The standard InChI is InChI=1S/C18H24N2O/c1-4-20-10-6-9-16(20)18(21)15-8-5-7-14-11-12(2)13(3)19-17(14)15/h5,7-8,11,16,18,21H,4,6,9-10H2,1-3H3/t16-,18+/m1/s1. The van der Waals surface area contributed by atoms with Gasteiger partial charge in [0, 0.05) is 22.7 Å². The molecule has 0 radical (unpaired) electrons. The molecule has 1 N–H and O–H groups in total. The lowest BCUT2D eigenvalue weighted by molar-refractivity contribution is 0.0764. The highest BCUT2D eigenvalue weighted by atomic mass is 16.3. The zero-order valence-corrected chi connectivity index (χ0v) is 13.1. The number of aromatic nitrogens is 1.